The minimum atomic E-state index is -3.31. The number of nitrogen functional groups attached to an aromatic ring is 1. The van der Waals surface area contributed by atoms with Crippen molar-refractivity contribution in [1.82, 2.24) is 4.98 Å². The Balaban J connectivity index is 1.54. The van der Waals surface area contributed by atoms with Crippen LogP contribution in [0.15, 0.2) is 94.9 Å². The molecule has 7 nitrogen and oxygen atoms in total. The van der Waals surface area contributed by atoms with Gasteiger partial charge in [-0.2, -0.15) is 0 Å². The molecule has 1 amide bonds. The lowest BCUT2D eigenvalue weighted by Gasteiger charge is -2.12. The van der Waals surface area contributed by atoms with Gasteiger partial charge in [-0.05, 0) is 65.7 Å². The number of anilines is 2. The molecule has 1 heterocycles. The van der Waals surface area contributed by atoms with Crippen molar-refractivity contribution >= 4 is 27.0 Å². The standard InChI is InChI=1S/C25H21FN4O3S/c1-33-24-13-11-21(15-29-24)34(28,32)20-9-4-17(5-10-20)25(31)30-23-14-18(6-12-22(23)27)16-2-7-19(26)8-3-16/h2-15,28H,27H2,1H3,(H,30,31). The number of hydrogen-bond donors (Lipinski definition) is 3. The van der Waals surface area contributed by atoms with Crippen LogP contribution in [-0.4, -0.2) is 22.2 Å². The number of halogens is 1. The average molecular weight is 477 g/mol. The fourth-order valence-corrected chi connectivity index (χ4v) is 4.52. The van der Waals surface area contributed by atoms with Crippen LogP contribution in [0.3, 0.4) is 0 Å². The Morgan fingerprint density at radius 3 is 2.24 bits per heavy atom. The predicted molar refractivity (Wildman–Crippen MR) is 129 cm³/mol. The van der Waals surface area contributed by atoms with Crippen molar-refractivity contribution in [3.8, 4) is 17.0 Å². The van der Waals surface area contributed by atoms with Crippen LogP contribution in [0.2, 0.25) is 0 Å². The van der Waals surface area contributed by atoms with Gasteiger partial charge in [-0.25, -0.2) is 18.4 Å². The summed E-state index contributed by atoms with van der Waals surface area (Å²) >= 11 is 0. The van der Waals surface area contributed by atoms with Crippen LogP contribution in [-0.2, 0) is 9.73 Å². The summed E-state index contributed by atoms with van der Waals surface area (Å²) in [5.74, 6) is -0.401. The quantitative estimate of drug-likeness (QED) is 0.331. The number of aromatic nitrogens is 1. The van der Waals surface area contributed by atoms with Crippen LogP contribution in [0, 0.1) is 10.6 Å². The molecule has 0 fully saturated rings. The van der Waals surface area contributed by atoms with Crippen molar-refractivity contribution in [3.63, 3.8) is 0 Å². The largest absolute Gasteiger partial charge is 0.481 e. The van der Waals surface area contributed by atoms with E-state index in [4.69, 9.17) is 15.3 Å². The first-order valence-corrected chi connectivity index (χ1v) is 11.7. The summed E-state index contributed by atoms with van der Waals surface area (Å²) in [6, 6.07) is 20.2. The fourth-order valence-electron chi connectivity index (χ4n) is 3.27. The zero-order valence-corrected chi connectivity index (χ0v) is 18.9. The van der Waals surface area contributed by atoms with E-state index in [0.29, 0.717) is 22.8 Å². The summed E-state index contributed by atoms with van der Waals surface area (Å²) < 4.78 is 39.6. The van der Waals surface area contributed by atoms with Gasteiger partial charge in [0.25, 0.3) is 5.91 Å². The first-order valence-electron chi connectivity index (χ1n) is 10.1. The number of nitrogens with two attached hydrogens (primary N) is 1. The maximum atomic E-state index is 13.2. The maximum Gasteiger partial charge on any atom is 0.255 e. The molecule has 0 bridgehead atoms. The van der Waals surface area contributed by atoms with Crippen molar-refractivity contribution in [2.45, 2.75) is 9.79 Å². The molecule has 0 saturated heterocycles. The van der Waals surface area contributed by atoms with Crippen LogP contribution in [0.4, 0.5) is 15.8 Å². The minimum Gasteiger partial charge on any atom is -0.481 e. The smallest absolute Gasteiger partial charge is 0.255 e. The van der Waals surface area contributed by atoms with Crippen LogP contribution >= 0.6 is 0 Å². The molecule has 0 aliphatic heterocycles. The highest BCUT2D eigenvalue weighted by atomic mass is 32.2. The van der Waals surface area contributed by atoms with Crippen LogP contribution < -0.4 is 15.8 Å². The number of nitrogens with one attached hydrogen (secondary N) is 2. The van der Waals surface area contributed by atoms with Gasteiger partial charge in [-0.1, -0.05) is 18.2 Å². The molecule has 172 valence electrons. The Morgan fingerprint density at radius 2 is 1.62 bits per heavy atom. The normalized spacial score (nSPS) is 12.5. The number of amides is 1. The van der Waals surface area contributed by atoms with E-state index in [1.165, 1.54) is 61.8 Å². The Bertz CT molecular complexity index is 1440. The lowest BCUT2D eigenvalue weighted by Crippen LogP contribution is -2.13. The van der Waals surface area contributed by atoms with E-state index >= 15 is 0 Å². The van der Waals surface area contributed by atoms with E-state index < -0.39 is 15.6 Å². The molecule has 1 aromatic heterocycles. The maximum absolute atomic E-state index is 13.2. The number of pyridine rings is 1. The molecule has 0 radical (unpaired) electrons. The van der Waals surface area contributed by atoms with Gasteiger partial charge in [0.1, 0.15) is 15.5 Å². The summed E-state index contributed by atoms with van der Waals surface area (Å²) in [5, 5.41) is 2.77. The molecule has 0 saturated carbocycles. The molecule has 1 atom stereocenters. The summed E-state index contributed by atoms with van der Waals surface area (Å²) in [5.41, 5.74) is 8.66. The van der Waals surface area contributed by atoms with Gasteiger partial charge < -0.3 is 15.8 Å². The zero-order valence-electron chi connectivity index (χ0n) is 18.1. The molecule has 3 aromatic carbocycles. The highest BCUT2D eigenvalue weighted by Gasteiger charge is 2.16. The Kier molecular flexibility index (Phi) is 6.29. The second-order valence-corrected chi connectivity index (χ2v) is 9.44. The van der Waals surface area contributed by atoms with Gasteiger partial charge in [0.2, 0.25) is 5.88 Å². The molecule has 4 rings (SSSR count). The number of ether oxygens (including phenoxy) is 1. The van der Waals surface area contributed by atoms with E-state index in [0.717, 1.165) is 11.1 Å². The second-order valence-electron chi connectivity index (χ2n) is 7.38. The first kappa shape index (κ1) is 22.9. The molecule has 0 aliphatic carbocycles. The Morgan fingerprint density at radius 1 is 0.971 bits per heavy atom. The number of methoxy groups -OCH3 is 1. The molecule has 0 aliphatic rings. The minimum absolute atomic E-state index is 0.232. The Hall–Kier alpha value is -4.24. The van der Waals surface area contributed by atoms with Crippen LogP contribution in [0.5, 0.6) is 5.88 Å². The zero-order chi connectivity index (χ0) is 24.3. The third-order valence-corrected chi connectivity index (χ3v) is 7.02. The van der Waals surface area contributed by atoms with Gasteiger partial charge in [0.05, 0.1) is 28.3 Å². The monoisotopic (exact) mass is 476 g/mol. The highest BCUT2D eigenvalue weighted by Crippen LogP contribution is 2.28. The van der Waals surface area contributed by atoms with E-state index in [2.05, 4.69) is 10.3 Å². The van der Waals surface area contributed by atoms with E-state index in [1.54, 1.807) is 30.3 Å². The molecule has 0 spiro atoms. The van der Waals surface area contributed by atoms with Gasteiger partial charge >= 0.3 is 0 Å². The van der Waals surface area contributed by atoms with Crippen molar-refractivity contribution in [2.24, 2.45) is 0 Å². The highest BCUT2D eigenvalue weighted by molar-refractivity contribution is 7.92. The average Bonchev–Trinajstić information content (AvgIpc) is 2.86. The van der Waals surface area contributed by atoms with E-state index in [9.17, 15) is 13.4 Å². The topological polar surface area (TPSA) is 118 Å². The lowest BCUT2D eigenvalue weighted by atomic mass is 10.0. The molecular weight excluding hydrogens is 455 g/mol. The molecule has 9 heteroatoms. The molecule has 4 N–H and O–H groups in total. The van der Waals surface area contributed by atoms with E-state index in [1.807, 2.05) is 0 Å². The predicted octanol–water partition coefficient (Wildman–Crippen LogP) is 5.20. The fraction of sp³-hybridized carbons (Fsp3) is 0.0400. The second kappa shape index (κ2) is 9.32. The van der Waals surface area contributed by atoms with Crippen LogP contribution in [0.1, 0.15) is 10.4 Å². The van der Waals surface area contributed by atoms with Gasteiger partial charge in [-0.15, -0.1) is 0 Å². The summed E-state index contributed by atoms with van der Waals surface area (Å²) in [4.78, 5) is 17.3. The van der Waals surface area contributed by atoms with Crippen LogP contribution in [0.25, 0.3) is 11.1 Å². The summed E-state index contributed by atoms with van der Waals surface area (Å²) in [6.07, 6.45) is 1.34. The third-order valence-electron chi connectivity index (χ3n) is 5.18. The van der Waals surface area contributed by atoms with Gasteiger partial charge in [-0.3, -0.25) is 4.79 Å². The van der Waals surface area contributed by atoms with Gasteiger partial charge in [0, 0.05) is 17.8 Å². The van der Waals surface area contributed by atoms with E-state index in [-0.39, 0.29) is 15.6 Å². The number of hydrogen-bond acceptors (Lipinski definition) is 6. The summed E-state index contributed by atoms with van der Waals surface area (Å²) in [6.45, 7) is 0. The third kappa shape index (κ3) is 4.74. The number of carbonyl (C=O) groups is 1. The molecule has 4 aromatic rings. The summed E-state index contributed by atoms with van der Waals surface area (Å²) in [7, 11) is -1.84. The van der Waals surface area contributed by atoms with Crippen molar-refractivity contribution in [1.29, 1.82) is 4.78 Å². The lowest BCUT2D eigenvalue weighted by molar-refractivity contribution is 0.102. The number of carbonyl (C=O) groups excluding carboxylic acids is 1. The number of benzene rings is 3. The molecule has 1 unspecified atom stereocenters. The SMILES string of the molecule is COc1ccc(S(=N)(=O)c2ccc(C(=O)Nc3cc(-c4ccc(F)cc4)ccc3N)cc2)cn1. The molecular formula is C25H21FN4O3S. The number of nitrogens with zero attached hydrogens (tertiary/aromatic N) is 1. The molecule has 34 heavy (non-hydrogen) atoms. The Labute approximate surface area is 196 Å². The number of rotatable bonds is 6. The first-order chi connectivity index (χ1) is 16.3. The van der Waals surface area contributed by atoms with Crippen molar-refractivity contribution in [3.05, 3.63) is 96.4 Å². The van der Waals surface area contributed by atoms with Crippen molar-refractivity contribution in [2.75, 3.05) is 18.2 Å². The van der Waals surface area contributed by atoms with Gasteiger partial charge in [0.15, 0.2) is 0 Å². The van der Waals surface area contributed by atoms with Crippen molar-refractivity contribution < 1.29 is 18.1 Å².